The van der Waals surface area contributed by atoms with Crippen molar-refractivity contribution < 1.29 is 14.2 Å². The highest BCUT2D eigenvalue weighted by Crippen LogP contribution is 2.42. The van der Waals surface area contributed by atoms with Gasteiger partial charge in [-0.15, -0.1) is 16.4 Å². The lowest BCUT2D eigenvalue weighted by Gasteiger charge is -2.30. The molecule has 9 heteroatoms. The standard InChI is InChI=1S/C23H35N5O3S/c1-8-11-27(16(3)10-12-31-9-2)21-22(30-7)25-28-18(15-32-23(21)28)17-14-24-20(26(4)5)13-19(17)29-6/h13-16H,8-12H2,1-7H3. The molecule has 0 spiro atoms. The topological polar surface area (TPSA) is 64.4 Å². The first-order valence-electron chi connectivity index (χ1n) is 11.1. The summed E-state index contributed by atoms with van der Waals surface area (Å²) >= 11 is 1.66. The van der Waals surface area contributed by atoms with Gasteiger partial charge in [-0.3, -0.25) is 0 Å². The van der Waals surface area contributed by atoms with Gasteiger partial charge in [0.1, 0.15) is 22.1 Å². The smallest absolute Gasteiger partial charge is 0.258 e. The minimum Gasteiger partial charge on any atom is -0.496 e. The second-order valence-electron chi connectivity index (χ2n) is 7.86. The van der Waals surface area contributed by atoms with Crippen LogP contribution in [0.3, 0.4) is 0 Å². The van der Waals surface area contributed by atoms with Crippen LogP contribution in [-0.2, 0) is 4.74 Å². The molecule has 0 aliphatic rings. The van der Waals surface area contributed by atoms with Crippen LogP contribution in [0.25, 0.3) is 16.1 Å². The van der Waals surface area contributed by atoms with E-state index in [-0.39, 0.29) is 0 Å². The zero-order valence-electron chi connectivity index (χ0n) is 20.2. The van der Waals surface area contributed by atoms with E-state index < -0.39 is 0 Å². The number of hydrogen-bond donors (Lipinski definition) is 0. The van der Waals surface area contributed by atoms with Crippen LogP contribution in [0.1, 0.15) is 33.6 Å². The number of anilines is 2. The number of pyridine rings is 1. The largest absolute Gasteiger partial charge is 0.496 e. The molecule has 0 saturated carbocycles. The van der Waals surface area contributed by atoms with Crippen molar-refractivity contribution >= 4 is 27.7 Å². The van der Waals surface area contributed by atoms with Crippen molar-refractivity contribution in [3.63, 3.8) is 0 Å². The molecule has 0 aliphatic carbocycles. The van der Waals surface area contributed by atoms with E-state index in [0.717, 1.165) is 65.9 Å². The first-order chi connectivity index (χ1) is 15.5. The summed E-state index contributed by atoms with van der Waals surface area (Å²) in [6, 6.07) is 2.24. The summed E-state index contributed by atoms with van der Waals surface area (Å²) in [5.74, 6) is 2.23. The van der Waals surface area contributed by atoms with Crippen LogP contribution in [0.4, 0.5) is 11.5 Å². The van der Waals surface area contributed by atoms with Crippen molar-refractivity contribution in [1.29, 1.82) is 0 Å². The van der Waals surface area contributed by atoms with Crippen molar-refractivity contribution in [2.45, 2.75) is 39.7 Å². The van der Waals surface area contributed by atoms with Crippen molar-refractivity contribution in [3.8, 4) is 22.9 Å². The molecule has 8 nitrogen and oxygen atoms in total. The molecule has 0 saturated heterocycles. The van der Waals surface area contributed by atoms with Crippen LogP contribution in [0.2, 0.25) is 0 Å². The minimum atomic E-state index is 0.296. The second kappa shape index (κ2) is 10.9. The van der Waals surface area contributed by atoms with Gasteiger partial charge in [0.05, 0.1) is 25.5 Å². The fraction of sp³-hybridized carbons (Fsp3) is 0.565. The summed E-state index contributed by atoms with van der Waals surface area (Å²) in [5.41, 5.74) is 2.86. The van der Waals surface area contributed by atoms with Gasteiger partial charge in [-0.05, 0) is 26.7 Å². The average Bonchev–Trinajstić information content (AvgIpc) is 3.36. The fourth-order valence-corrected chi connectivity index (χ4v) is 4.75. The number of nitrogens with zero attached hydrogens (tertiary/aromatic N) is 5. The van der Waals surface area contributed by atoms with E-state index in [1.807, 2.05) is 42.7 Å². The molecule has 1 atom stereocenters. The Morgan fingerprint density at radius 3 is 2.59 bits per heavy atom. The number of rotatable bonds is 12. The van der Waals surface area contributed by atoms with Gasteiger partial charge in [-0.25, -0.2) is 9.50 Å². The predicted molar refractivity (Wildman–Crippen MR) is 132 cm³/mol. The molecule has 0 aromatic carbocycles. The lowest BCUT2D eigenvalue weighted by Crippen LogP contribution is -2.34. The van der Waals surface area contributed by atoms with Crippen molar-refractivity contribution in [2.75, 3.05) is 57.9 Å². The van der Waals surface area contributed by atoms with E-state index in [1.54, 1.807) is 25.6 Å². The number of thiazole rings is 1. The van der Waals surface area contributed by atoms with Crippen LogP contribution in [0.15, 0.2) is 17.6 Å². The monoisotopic (exact) mass is 461 g/mol. The lowest BCUT2D eigenvalue weighted by molar-refractivity contribution is 0.140. The Hall–Kier alpha value is -2.52. The zero-order chi connectivity index (χ0) is 23.3. The Morgan fingerprint density at radius 1 is 1.19 bits per heavy atom. The molecule has 176 valence electrons. The molecule has 3 aromatic rings. The maximum atomic E-state index is 5.74. The van der Waals surface area contributed by atoms with Crippen LogP contribution in [0, 0.1) is 0 Å². The van der Waals surface area contributed by atoms with E-state index in [1.165, 1.54) is 0 Å². The Labute approximate surface area is 194 Å². The Morgan fingerprint density at radius 2 is 1.97 bits per heavy atom. The van der Waals surface area contributed by atoms with Crippen LogP contribution in [-0.4, -0.2) is 68.7 Å². The molecule has 0 aliphatic heterocycles. The van der Waals surface area contributed by atoms with Crippen LogP contribution < -0.4 is 19.3 Å². The maximum Gasteiger partial charge on any atom is 0.258 e. The summed E-state index contributed by atoms with van der Waals surface area (Å²) in [5, 5.41) is 6.93. The Balaban J connectivity index is 2.08. The quantitative estimate of drug-likeness (QED) is 0.366. The second-order valence-corrected chi connectivity index (χ2v) is 8.72. The van der Waals surface area contributed by atoms with Crippen LogP contribution >= 0.6 is 11.3 Å². The van der Waals surface area contributed by atoms with E-state index in [4.69, 9.17) is 19.3 Å². The molecule has 0 amide bonds. The third-order valence-corrected chi connectivity index (χ3v) is 6.40. The molecule has 0 radical (unpaired) electrons. The van der Waals surface area contributed by atoms with Gasteiger partial charge in [-0.2, -0.15) is 0 Å². The van der Waals surface area contributed by atoms with Gasteiger partial charge in [0, 0.05) is 57.5 Å². The van der Waals surface area contributed by atoms with E-state index in [2.05, 4.69) is 29.1 Å². The molecule has 1 unspecified atom stereocenters. The number of hydrogen-bond acceptors (Lipinski definition) is 8. The van der Waals surface area contributed by atoms with Crippen molar-refractivity contribution in [1.82, 2.24) is 14.6 Å². The molecule has 0 N–H and O–H groups in total. The normalized spacial score (nSPS) is 12.2. The molecule has 0 bridgehead atoms. The van der Waals surface area contributed by atoms with Crippen LogP contribution in [0.5, 0.6) is 11.6 Å². The summed E-state index contributed by atoms with van der Waals surface area (Å²) < 4.78 is 19.0. The molecule has 3 rings (SSSR count). The molecule has 32 heavy (non-hydrogen) atoms. The fourth-order valence-electron chi connectivity index (χ4n) is 3.75. The third-order valence-electron chi connectivity index (χ3n) is 5.47. The molecular formula is C23H35N5O3S. The Bertz CT molecular complexity index is 1020. The summed E-state index contributed by atoms with van der Waals surface area (Å²) in [6.07, 6.45) is 3.82. The van der Waals surface area contributed by atoms with E-state index in [9.17, 15) is 0 Å². The van der Waals surface area contributed by atoms with Gasteiger partial charge in [0.25, 0.3) is 5.88 Å². The SMILES string of the molecule is CCCN(c1c(OC)nn2c(-c3cnc(N(C)C)cc3OC)csc12)C(C)CCOCC. The average molecular weight is 462 g/mol. The number of ether oxygens (including phenoxy) is 3. The first kappa shape index (κ1) is 24.1. The predicted octanol–water partition coefficient (Wildman–Crippen LogP) is 4.57. The molecule has 3 heterocycles. The highest BCUT2D eigenvalue weighted by molar-refractivity contribution is 7.16. The van der Waals surface area contributed by atoms with Gasteiger partial charge in [-0.1, -0.05) is 6.92 Å². The van der Waals surface area contributed by atoms with E-state index in [0.29, 0.717) is 11.9 Å². The number of fused-ring (bicyclic) bond motifs is 1. The van der Waals surface area contributed by atoms with Gasteiger partial charge in [0.15, 0.2) is 0 Å². The maximum absolute atomic E-state index is 5.74. The van der Waals surface area contributed by atoms with Gasteiger partial charge < -0.3 is 24.0 Å². The molecular weight excluding hydrogens is 426 g/mol. The zero-order valence-corrected chi connectivity index (χ0v) is 21.0. The summed E-state index contributed by atoms with van der Waals surface area (Å²) in [4.78, 5) is 9.98. The molecule has 0 fully saturated rings. The number of methoxy groups -OCH3 is 2. The first-order valence-corrected chi connectivity index (χ1v) is 11.9. The number of aromatic nitrogens is 3. The van der Waals surface area contributed by atoms with Crippen molar-refractivity contribution in [3.05, 3.63) is 17.6 Å². The third kappa shape index (κ3) is 4.78. The lowest BCUT2D eigenvalue weighted by atomic mass is 10.2. The molecule has 3 aromatic heterocycles. The van der Waals surface area contributed by atoms with Gasteiger partial charge in [0.2, 0.25) is 0 Å². The Kier molecular flexibility index (Phi) is 8.20. The summed E-state index contributed by atoms with van der Waals surface area (Å²) in [7, 11) is 7.28. The van der Waals surface area contributed by atoms with E-state index >= 15 is 0 Å². The van der Waals surface area contributed by atoms with Gasteiger partial charge >= 0.3 is 0 Å². The highest BCUT2D eigenvalue weighted by atomic mass is 32.1. The summed E-state index contributed by atoms with van der Waals surface area (Å²) in [6.45, 7) is 8.85. The van der Waals surface area contributed by atoms with Crippen molar-refractivity contribution in [2.24, 2.45) is 0 Å². The highest BCUT2D eigenvalue weighted by Gasteiger charge is 2.27. The minimum absolute atomic E-state index is 0.296.